The topological polar surface area (TPSA) is 49.3 Å². The normalized spacial score (nSPS) is 37.0. The van der Waals surface area contributed by atoms with Crippen molar-refractivity contribution < 1.29 is 9.90 Å². The van der Waals surface area contributed by atoms with Crippen LogP contribution >= 0.6 is 15.9 Å². The molecule has 4 aliphatic rings. The van der Waals surface area contributed by atoms with E-state index >= 15 is 0 Å². The smallest absolute Gasteiger partial charge is 0.251 e. The highest BCUT2D eigenvalue weighted by Crippen LogP contribution is 2.55. The number of nitrogens with one attached hydrogen (secondary N) is 1. The third kappa shape index (κ3) is 2.82. The molecule has 24 heavy (non-hydrogen) atoms. The summed E-state index contributed by atoms with van der Waals surface area (Å²) >= 11 is 3.51. The Morgan fingerprint density at radius 2 is 1.92 bits per heavy atom. The van der Waals surface area contributed by atoms with Crippen LogP contribution in [0.3, 0.4) is 0 Å². The molecule has 3 nitrogen and oxygen atoms in total. The fourth-order valence-corrected chi connectivity index (χ4v) is 6.04. The zero-order valence-electron chi connectivity index (χ0n) is 14.4. The molecule has 130 valence electrons. The van der Waals surface area contributed by atoms with Gasteiger partial charge >= 0.3 is 0 Å². The zero-order valence-corrected chi connectivity index (χ0v) is 16.0. The highest BCUT2D eigenvalue weighted by Gasteiger charge is 2.55. The maximum atomic E-state index is 13.0. The lowest BCUT2D eigenvalue weighted by Gasteiger charge is -2.58. The Kier molecular flexibility index (Phi) is 4.04. The molecule has 4 aliphatic carbocycles. The van der Waals surface area contributed by atoms with E-state index in [1.54, 1.807) is 0 Å². The lowest BCUT2D eigenvalue weighted by molar-refractivity contribution is -0.136. The highest BCUT2D eigenvalue weighted by atomic mass is 79.9. The van der Waals surface area contributed by atoms with E-state index in [1.165, 1.54) is 12.8 Å². The molecule has 0 aliphatic heterocycles. The summed E-state index contributed by atoms with van der Waals surface area (Å²) < 4.78 is 1.01. The molecular formula is C20H26BrNO2. The maximum Gasteiger partial charge on any atom is 0.251 e. The van der Waals surface area contributed by atoms with Crippen LogP contribution in [0.4, 0.5) is 0 Å². The van der Waals surface area contributed by atoms with Gasteiger partial charge in [-0.15, -0.1) is 0 Å². The van der Waals surface area contributed by atoms with Crippen molar-refractivity contribution >= 4 is 21.8 Å². The van der Waals surface area contributed by atoms with Gasteiger partial charge < -0.3 is 10.4 Å². The van der Waals surface area contributed by atoms with Crippen molar-refractivity contribution in [1.82, 2.24) is 5.32 Å². The van der Waals surface area contributed by atoms with E-state index in [0.717, 1.165) is 34.9 Å². The highest BCUT2D eigenvalue weighted by molar-refractivity contribution is 9.10. The Hall–Kier alpha value is -0.870. The molecule has 2 unspecified atom stereocenters. The van der Waals surface area contributed by atoms with E-state index in [4.69, 9.17) is 0 Å². The number of aliphatic hydroxyl groups is 1. The molecule has 2 N–H and O–H groups in total. The van der Waals surface area contributed by atoms with Crippen molar-refractivity contribution in [2.24, 2.45) is 17.8 Å². The molecule has 1 aromatic rings. The van der Waals surface area contributed by atoms with Crippen LogP contribution in [0.5, 0.6) is 0 Å². The third-order valence-electron chi connectivity index (χ3n) is 6.42. The van der Waals surface area contributed by atoms with E-state index in [-0.39, 0.29) is 11.9 Å². The summed E-state index contributed by atoms with van der Waals surface area (Å²) in [7, 11) is 0. The number of carbonyl (C=O) groups excluding carboxylic acids is 1. The van der Waals surface area contributed by atoms with Crippen LogP contribution in [0.1, 0.15) is 67.8 Å². The van der Waals surface area contributed by atoms with Gasteiger partial charge in [0, 0.05) is 16.1 Å². The third-order valence-corrected chi connectivity index (χ3v) is 6.91. The average molecular weight is 392 g/mol. The fraction of sp³-hybridized carbons (Fsp3) is 0.650. The fourth-order valence-electron chi connectivity index (χ4n) is 5.66. The second kappa shape index (κ2) is 5.84. The lowest BCUT2D eigenvalue weighted by Crippen LogP contribution is -2.61. The minimum Gasteiger partial charge on any atom is -0.390 e. The molecule has 0 heterocycles. The van der Waals surface area contributed by atoms with E-state index in [9.17, 15) is 9.90 Å². The first-order valence-electron chi connectivity index (χ1n) is 9.17. The monoisotopic (exact) mass is 391 g/mol. The van der Waals surface area contributed by atoms with Crippen LogP contribution < -0.4 is 5.32 Å². The first kappa shape index (κ1) is 16.6. The van der Waals surface area contributed by atoms with E-state index in [0.29, 0.717) is 23.7 Å². The average Bonchev–Trinajstić information content (AvgIpc) is 2.48. The van der Waals surface area contributed by atoms with Gasteiger partial charge in [-0.1, -0.05) is 29.8 Å². The number of halogens is 1. The number of amides is 1. The molecule has 4 fully saturated rings. The number of hydrogen-bond donors (Lipinski definition) is 2. The molecule has 0 spiro atoms. The Labute approximate surface area is 152 Å². The van der Waals surface area contributed by atoms with Crippen LogP contribution in [0.15, 0.2) is 22.7 Å². The first-order chi connectivity index (χ1) is 11.3. The zero-order chi connectivity index (χ0) is 17.1. The minimum absolute atomic E-state index is 0.0515. The van der Waals surface area contributed by atoms with Crippen LogP contribution in [0.2, 0.25) is 0 Å². The van der Waals surface area contributed by atoms with Gasteiger partial charge in [-0.05, 0) is 79.5 Å². The van der Waals surface area contributed by atoms with Gasteiger partial charge in [0.05, 0.1) is 5.60 Å². The molecule has 5 rings (SSSR count). The summed E-state index contributed by atoms with van der Waals surface area (Å²) in [5.74, 6) is 1.92. The lowest BCUT2D eigenvalue weighted by atomic mass is 9.52. The van der Waals surface area contributed by atoms with Crippen LogP contribution in [-0.4, -0.2) is 22.7 Å². The van der Waals surface area contributed by atoms with Crippen molar-refractivity contribution in [2.45, 2.75) is 63.5 Å². The Bertz CT molecular complexity index is 656. The Balaban J connectivity index is 1.55. The van der Waals surface area contributed by atoms with Gasteiger partial charge in [0.15, 0.2) is 0 Å². The van der Waals surface area contributed by atoms with E-state index in [1.807, 2.05) is 12.1 Å². The van der Waals surface area contributed by atoms with Crippen LogP contribution in [0, 0.1) is 17.8 Å². The predicted molar refractivity (Wildman–Crippen MR) is 98.0 cm³/mol. The minimum atomic E-state index is -0.446. The van der Waals surface area contributed by atoms with E-state index in [2.05, 4.69) is 41.2 Å². The summed E-state index contributed by atoms with van der Waals surface area (Å²) in [5.41, 5.74) is 1.43. The van der Waals surface area contributed by atoms with E-state index < -0.39 is 5.60 Å². The van der Waals surface area contributed by atoms with Gasteiger partial charge in [-0.2, -0.15) is 0 Å². The van der Waals surface area contributed by atoms with Crippen LogP contribution in [-0.2, 0) is 0 Å². The summed E-state index contributed by atoms with van der Waals surface area (Å²) in [6.07, 6.45) is 5.04. The van der Waals surface area contributed by atoms with Gasteiger partial charge in [-0.25, -0.2) is 0 Å². The van der Waals surface area contributed by atoms with Gasteiger partial charge in [-0.3, -0.25) is 4.79 Å². The second-order valence-electron chi connectivity index (χ2n) is 8.58. The summed E-state index contributed by atoms with van der Waals surface area (Å²) in [6, 6.07) is 6.16. The molecule has 1 aromatic carbocycles. The molecule has 2 atom stereocenters. The maximum absolute atomic E-state index is 13.0. The van der Waals surface area contributed by atoms with Crippen molar-refractivity contribution in [1.29, 1.82) is 0 Å². The van der Waals surface area contributed by atoms with Crippen molar-refractivity contribution in [3.05, 3.63) is 33.8 Å². The number of hydrogen-bond acceptors (Lipinski definition) is 2. The van der Waals surface area contributed by atoms with Gasteiger partial charge in [0.1, 0.15) is 0 Å². The molecule has 1 amide bonds. The molecule has 0 saturated heterocycles. The standard InChI is InChI=1S/C20H26BrNO2/c1-11(2)17-7-15(21)3-4-16(17)19(23)22-18-13-5-12-6-14(18)10-20(24,8-12)9-13/h3-4,7,11-14,18,24H,5-6,8-10H2,1-2H3,(H,22,23). The molecule has 4 saturated carbocycles. The molecular weight excluding hydrogens is 366 g/mol. The SMILES string of the molecule is CC(C)c1cc(Br)ccc1C(=O)NC1C2CC3CC1CC(O)(C3)C2. The summed E-state index contributed by atoms with van der Waals surface area (Å²) in [6.45, 7) is 4.24. The number of carbonyl (C=O) groups is 1. The van der Waals surface area contributed by atoms with Gasteiger partial charge in [0.2, 0.25) is 0 Å². The number of benzene rings is 1. The largest absolute Gasteiger partial charge is 0.390 e. The first-order valence-corrected chi connectivity index (χ1v) is 9.96. The summed E-state index contributed by atoms with van der Waals surface area (Å²) in [5, 5.41) is 14.0. The second-order valence-corrected chi connectivity index (χ2v) is 9.50. The predicted octanol–water partition coefficient (Wildman–Crippen LogP) is 4.24. The molecule has 0 radical (unpaired) electrons. The molecule has 4 heteroatoms. The van der Waals surface area contributed by atoms with Crippen LogP contribution in [0.25, 0.3) is 0 Å². The Morgan fingerprint density at radius 3 is 2.50 bits per heavy atom. The molecule has 4 bridgehead atoms. The quantitative estimate of drug-likeness (QED) is 0.809. The van der Waals surface area contributed by atoms with Gasteiger partial charge in [0.25, 0.3) is 5.91 Å². The van der Waals surface area contributed by atoms with Crippen molar-refractivity contribution in [3.63, 3.8) is 0 Å². The van der Waals surface area contributed by atoms with Crippen molar-refractivity contribution in [2.75, 3.05) is 0 Å². The Morgan fingerprint density at radius 1 is 1.25 bits per heavy atom. The van der Waals surface area contributed by atoms with Crippen molar-refractivity contribution in [3.8, 4) is 0 Å². The molecule has 0 aromatic heterocycles. The summed E-state index contributed by atoms with van der Waals surface area (Å²) in [4.78, 5) is 13.0. The number of rotatable bonds is 3.